The van der Waals surface area contributed by atoms with Gasteiger partial charge in [-0.25, -0.2) is 0 Å². The predicted molar refractivity (Wildman–Crippen MR) is 55.2 cm³/mol. The van der Waals surface area contributed by atoms with E-state index in [1.807, 2.05) is 0 Å². The summed E-state index contributed by atoms with van der Waals surface area (Å²) >= 11 is 0. The van der Waals surface area contributed by atoms with E-state index in [4.69, 9.17) is 0 Å². The summed E-state index contributed by atoms with van der Waals surface area (Å²) in [6.07, 6.45) is 5.61. The molecule has 0 aromatic heterocycles. The van der Waals surface area contributed by atoms with E-state index in [0.29, 0.717) is 10.8 Å². The summed E-state index contributed by atoms with van der Waals surface area (Å²) < 4.78 is 0. The topological polar surface area (TPSA) is 0 Å². The molecule has 0 bridgehead atoms. The fraction of sp³-hybridized carbons (Fsp3) is 1.00. The van der Waals surface area contributed by atoms with Gasteiger partial charge in [-0.05, 0) is 29.6 Å². The summed E-state index contributed by atoms with van der Waals surface area (Å²) in [5.41, 5.74) is 1.18. The van der Waals surface area contributed by atoms with Gasteiger partial charge in [0.05, 0.1) is 0 Å². The molecule has 1 saturated carbocycles. The molecule has 0 N–H and O–H groups in total. The van der Waals surface area contributed by atoms with Crippen LogP contribution in [0.2, 0.25) is 0 Å². The third-order valence-electron chi connectivity index (χ3n) is 4.53. The van der Waals surface area contributed by atoms with Crippen LogP contribution in [0.3, 0.4) is 0 Å². The first kappa shape index (κ1) is 10.1. The van der Waals surface area contributed by atoms with Crippen molar-refractivity contribution >= 4 is 0 Å². The molecule has 0 heterocycles. The minimum atomic E-state index is 0.572. The van der Waals surface area contributed by atoms with Gasteiger partial charge in [0.15, 0.2) is 0 Å². The molecule has 0 aliphatic heterocycles. The Morgan fingerprint density at radius 1 is 1.08 bits per heavy atom. The molecule has 0 aromatic carbocycles. The Morgan fingerprint density at radius 3 is 1.92 bits per heavy atom. The van der Waals surface area contributed by atoms with E-state index in [1.165, 1.54) is 25.7 Å². The van der Waals surface area contributed by atoms with E-state index in [2.05, 4.69) is 34.6 Å². The van der Waals surface area contributed by atoms with Crippen LogP contribution >= 0.6 is 0 Å². The van der Waals surface area contributed by atoms with Crippen LogP contribution in [0.4, 0.5) is 0 Å². The van der Waals surface area contributed by atoms with Crippen molar-refractivity contribution in [3.8, 4) is 0 Å². The Labute approximate surface area is 77.7 Å². The van der Waals surface area contributed by atoms with Gasteiger partial charge in [0.2, 0.25) is 0 Å². The Hall–Kier alpha value is 0. The van der Waals surface area contributed by atoms with E-state index in [1.54, 1.807) is 0 Å². The Morgan fingerprint density at radius 2 is 1.67 bits per heavy atom. The number of hydrogen-bond acceptors (Lipinski definition) is 0. The zero-order chi connectivity index (χ0) is 9.41. The van der Waals surface area contributed by atoms with Crippen LogP contribution in [0.25, 0.3) is 0 Å². The molecular weight excluding hydrogens is 144 g/mol. The standard InChI is InChI=1S/C12H24/c1-6-10-8-11(3,4)12(5,7-2)9-10/h10H,6-9H2,1-5H3. The van der Waals surface area contributed by atoms with Crippen molar-refractivity contribution in [3.05, 3.63) is 0 Å². The zero-order valence-electron chi connectivity index (χ0n) is 9.41. The SMILES string of the molecule is CCC1CC(C)(C)C(C)(CC)C1. The van der Waals surface area contributed by atoms with E-state index >= 15 is 0 Å². The smallest absolute Gasteiger partial charge is 0.0274 e. The number of hydrogen-bond donors (Lipinski definition) is 0. The van der Waals surface area contributed by atoms with Crippen molar-refractivity contribution in [2.45, 2.75) is 60.3 Å². The quantitative estimate of drug-likeness (QED) is 0.578. The summed E-state index contributed by atoms with van der Waals surface area (Å²) in [6.45, 7) is 12.1. The highest BCUT2D eigenvalue weighted by Crippen LogP contribution is 2.57. The van der Waals surface area contributed by atoms with Crippen LogP contribution < -0.4 is 0 Å². The highest BCUT2D eigenvalue weighted by atomic mass is 14.5. The molecule has 0 spiro atoms. The molecule has 12 heavy (non-hydrogen) atoms. The maximum absolute atomic E-state index is 2.47. The molecule has 0 aromatic rings. The molecule has 2 unspecified atom stereocenters. The summed E-state index contributed by atoms with van der Waals surface area (Å²) in [7, 11) is 0. The first-order valence-electron chi connectivity index (χ1n) is 5.45. The van der Waals surface area contributed by atoms with Gasteiger partial charge < -0.3 is 0 Å². The van der Waals surface area contributed by atoms with Gasteiger partial charge in [-0.15, -0.1) is 0 Å². The lowest BCUT2D eigenvalue weighted by atomic mass is 9.68. The van der Waals surface area contributed by atoms with Gasteiger partial charge in [-0.2, -0.15) is 0 Å². The van der Waals surface area contributed by atoms with Gasteiger partial charge >= 0.3 is 0 Å². The van der Waals surface area contributed by atoms with Crippen molar-refractivity contribution in [3.63, 3.8) is 0 Å². The van der Waals surface area contributed by atoms with Crippen LogP contribution in [0.15, 0.2) is 0 Å². The van der Waals surface area contributed by atoms with E-state index in [-0.39, 0.29) is 0 Å². The molecule has 0 nitrogen and oxygen atoms in total. The molecular formula is C12H24. The number of rotatable bonds is 2. The van der Waals surface area contributed by atoms with Crippen LogP contribution in [-0.2, 0) is 0 Å². The average molecular weight is 168 g/mol. The summed E-state index contributed by atoms with van der Waals surface area (Å²) in [6, 6.07) is 0. The maximum Gasteiger partial charge on any atom is -0.0274 e. The lowest BCUT2D eigenvalue weighted by Gasteiger charge is -2.37. The molecule has 1 rings (SSSR count). The van der Waals surface area contributed by atoms with E-state index < -0.39 is 0 Å². The molecule has 1 fully saturated rings. The van der Waals surface area contributed by atoms with Crippen LogP contribution in [0, 0.1) is 16.7 Å². The van der Waals surface area contributed by atoms with Gasteiger partial charge in [-0.1, -0.05) is 47.5 Å². The van der Waals surface area contributed by atoms with Gasteiger partial charge in [-0.3, -0.25) is 0 Å². The van der Waals surface area contributed by atoms with E-state index in [9.17, 15) is 0 Å². The second-order valence-corrected chi connectivity index (χ2v) is 5.48. The minimum Gasteiger partial charge on any atom is -0.0651 e. The molecule has 72 valence electrons. The Kier molecular flexibility index (Phi) is 2.56. The molecule has 0 heteroatoms. The molecule has 2 atom stereocenters. The van der Waals surface area contributed by atoms with Gasteiger partial charge in [0.1, 0.15) is 0 Å². The summed E-state index contributed by atoms with van der Waals surface area (Å²) in [4.78, 5) is 0. The van der Waals surface area contributed by atoms with Gasteiger partial charge in [0, 0.05) is 0 Å². The second kappa shape index (κ2) is 3.05. The molecule has 0 saturated heterocycles. The fourth-order valence-corrected chi connectivity index (χ4v) is 2.87. The van der Waals surface area contributed by atoms with Crippen molar-refractivity contribution in [2.24, 2.45) is 16.7 Å². The highest BCUT2D eigenvalue weighted by Gasteiger charge is 2.47. The molecule has 1 aliphatic rings. The predicted octanol–water partition coefficient (Wildman–Crippen LogP) is 4.25. The van der Waals surface area contributed by atoms with Crippen molar-refractivity contribution in [1.82, 2.24) is 0 Å². The second-order valence-electron chi connectivity index (χ2n) is 5.48. The van der Waals surface area contributed by atoms with E-state index in [0.717, 1.165) is 5.92 Å². The monoisotopic (exact) mass is 168 g/mol. The molecule has 1 aliphatic carbocycles. The van der Waals surface area contributed by atoms with Gasteiger partial charge in [0.25, 0.3) is 0 Å². The van der Waals surface area contributed by atoms with Crippen molar-refractivity contribution in [1.29, 1.82) is 0 Å². The summed E-state index contributed by atoms with van der Waals surface area (Å²) in [5, 5.41) is 0. The van der Waals surface area contributed by atoms with Crippen molar-refractivity contribution < 1.29 is 0 Å². The first-order chi connectivity index (χ1) is 5.45. The Balaban J connectivity index is 2.76. The average Bonchev–Trinajstić information content (AvgIpc) is 2.24. The third kappa shape index (κ3) is 1.41. The lowest BCUT2D eigenvalue weighted by molar-refractivity contribution is 0.126. The lowest BCUT2D eigenvalue weighted by Crippen LogP contribution is -2.28. The van der Waals surface area contributed by atoms with Crippen LogP contribution in [0.1, 0.15) is 60.3 Å². The largest absolute Gasteiger partial charge is 0.0651 e. The first-order valence-corrected chi connectivity index (χ1v) is 5.45. The van der Waals surface area contributed by atoms with Crippen molar-refractivity contribution in [2.75, 3.05) is 0 Å². The fourth-order valence-electron chi connectivity index (χ4n) is 2.87. The van der Waals surface area contributed by atoms with Crippen LogP contribution in [-0.4, -0.2) is 0 Å². The summed E-state index contributed by atoms with van der Waals surface area (Å²) in [5.74, 6) is 0.991. The van der Waals surface area contributed by atoms with Crippen LogP contribution in [0.5, 0.6) is 0 Å². The molecule has 0 amide bonds. The molecule has 0 radical (unpaired) electrons. The maximum atomic E-state index is 2.47. The minimum absolute atomic E-state index is 0.572. The normalized spacial score (nSPS) is 40.2. The zero-order valence-corrected chi connectivity index (χ0v) is 9.41. The third-order valence-corrected chi connectivity index (χ3v) is 4.53. The Bertz CT molecular complexity index is 157. The highest BCUT2D eigenvalue weighted by molar-refractivity contribution is 4.97.